The van der Waals surface area contributed by atoms with E-state index in [1.165, 1.54) is 0 Å². The van der Waals surface area contributed by atoms with Crippen LogP contribution in [0.15, 0.2) is 0 Å². The molecule has 0 unspecified atom stereocenters. The molecule has 16 heteroatoms. The first kappa shape index (κ1) is 48.0. The van der Waals surface area contributed by atoms with Crippen LogP contribution in [0.4, 0.5) is 0 Å². The SMILES string of the molecule is O=[N+]([O-])O.O=[N+]([O-])O.O=[N+]([O-])O.[NH2-].[NH2-].[NH2-].[Rh+3]. The van der Waals surface area contributed by atoms with Crippen LogP contribution in [0.1, 0.15) is 0 Å². The fourth-order valence-electron chi connectivity index (χ4n) is 0. The molecule has 0 rings (SSSR count). The van der Waals surface area contributed by atoms with Crippen LogP contribution in [0, 0.1) is 30.3 Å². The summed E-state index contributed by atoms with van der Waals surface area (Å²) in [5.74, 6) is 0. The van der Waals surface area contributed by atoms with Crippen LogP contribution in [0.5, 0.6) is 0 Å². The molecule has 0 bridgehead atoms. The average molecular weight is 340 g/mol. The predicted octanol–water partition coefficient (Wildman–Crippen LogP) is 1.11. The van der Waals surface area contributed by atoms with Crippen LogP contribution in [0.2, 0.25) is 0 Å². The van der Waals surface area contributed by atoms with Gasteiger partial charge in [-0.25, -0.2) is 0 Å². The van der Waals surface area contributed by atoms with Crippen molar-refractivity contribution in [3.63, 3.8) is 0 Å². The summed E-state index contributed by atoms with van der Waals surface area (Å²) in [4.78, 5) is 25.1. The number of hydrogen-bond donors (Lipinski definition) is 3. The summed E-state index contributed by atoms with van der Waals surface area (Å²) in [6, 6.07) is 0. The second-order valence-corrected chi connectivity index (χ2v) is 0.714. The van der Waals surface area contributed by atoms with Crippen LogP contribution in [0.25, 0.3) is 18.5 Å². The van der Waals surface area contributed by atoms with Crippen molar-refractivity contribution < 1.29 is 50.4 Å². The first-order valence-corrected chi connectivity index (χ1v) is 1.70. The van der Waals surface area contributed by atoms with Crippen LogP contribution in [-0.4, -0.2) is 30.9 Å². The molecule has 0 radical (unpaired) electrons. The molecule has 0 amide bonds. The van der Waals surface area contributed by atoms with E-state index >= 15 is 0 Å². The van der Waals surface area contributed by atoms with E-state index in [9.17, 15) is 0 Å². The van der Waals surface area contributed by atoms with E-state index in [0.717, 1.165) is 0 Å². The molecular formula is H9N6O9Rh. The van der Waals surface area contributed by atoms with Crippen molar-refractivity contribution in [1.82, 2.24) is 0 Å². The summed E-state index contributed by atoms with van der Waals surface area (Å²) in [6.45, 7) is 0. The summed E-state index contributed by atoms with van der Waals surface area (Å²) >= 11 is 0. The summed E-state index contributed by atoms with van der Waals surface area (Å²) in [5, 5.41) is 40.9. The van der Waals surface area contributed by atoms with Crippen molar-refractivity contribution in [3.05, 3.63) is 48.8 Å². The zero-order valence-corrected chi connectivity index (χ0v) is 8.84. The van der Waals surface area contributed by atoms with Gasteiger partial charge in [0.25, 0.3) is 15.3 Å². The van der Waals surface area contributed by atoms with Gasteiger partial charge in [0, 0.05) is 0 Å². The minimum absolute atomic E-state index is 0. The zero-order chi connectivity index (χ0) is 10.7. The molecule has 0 aromatic rings. The Morgan fingerprint density at radius 3 is 0.625 bits per heavy atom. The fourth-order valence-corrected chi connectivity index (χ4v) is 0. The predicted molar refractivity (Wildman–Crippen MR) is 42.2 cm³/mol. The molecule has 0 aliphatic carbocycles. The Labute approximate surface area is 99.9 Å². The normalized spacial score (nSPS) is 4.50. The minimum atomic E-state index is -1.50. The maximum atomic E-state index is 8.36. The monoisotopic (exact) mass is 340 g/mol. The van der Waals surface area contributed by atoms with Crippen molar-refractivity contribution in [1.29, 1.82) is 0 Å². The van der Waals surface area contributed by atoms with Gasteiger partial charge in [0.15, 0.2) is 0 Å². The smallest absolute Gasteiger partial charge is 0.693 e. The van der Waals surface area contributed by atoms with Crippen molar-refractivity contribution in [2.75, 3.05) is 0 Å². The van der Waals surface area contributed by atoms with E-state index < -0.39 is 15.3 Å². The molecule has 0 aliphatic rings. The molecule has 0 aromatic carbocycles. The van der Waals surface area contributed by atoms with Gasteiger partial charge in [0.05, 0.1) is 0 Å². The number of nitrogens with two attached hydrogens (primary N) is 3. The van der Waals surface area contributed by atoms with Gasteiger partial charge in [-0.2, -0.15) is 0 Å². The number of nitrogens with zero attached hydrogens (tertiary/aromatic N) is 3. The topological polar surface area (TPSA) is 291 Å². The minimum Gasteiger partial charge on any atom is -0.693 e. The van der Waals surface area contributed by atoms with Gasteiger partial charge in [0.1, 0.15) is 0 Å². The van der Waals surface area contributed by atoms with Gasteiger partial charge >= 0.3 is 19.5 Å². The second kappa shape index (κ2) is 38.0. The van der Waals surface area contributed by atoms with E-state index in [-0.39, 0.29) is 37.9 Å². The standard InChI is InChI=1S/3HNO3.3H2N.Rh/c3*2-1(3)4;;;;/h3*(H,2,3,4);3*1H2;/q;;;3*-1;+3. The van der Waals surface area contributed by atoms with Crippen LogP contribution in [-0.2, 0) is 19.5 Å². The van der Waals surface area contributed by atoms with E-state index in [1.54, 1.807) is 0 Å². The first-order chi connectivity index (χ1) is 5.20. The Kier molecular flexibility index (Phi) is 114. The average Bonchev–Trinajstić information content (AvgIpc) is 1.54. The number of hydrogen-bond acceptors (Lipinski definition) is 6. The van der Waals surface area contributed by atoms with Crippen molar-refractivity contribution >= 4 is 0 Å². The van der Waals surface area contributed by atoms with Gasteiger partial charge in [-0.3, -0.25) is 0 Å². The van der Waals surface area contributed by atoms with E-state index in [4.69, 9.17) is 46.0 Å². The number of rotatable bonds is 0. The van der Waals surface area contributed by atoms with Crippen molar-refractivity contribution in [3.8, 4) is 0 Å². The van der Waals surface area contributed by atoms with Crippen LogP contribution >= 0.6 is 0 Å². The maximum absolute atomic E-state index is 8.36. The molecule has 0 spiro atoms. The van der Waals surface area contributed by atoms with Gasteiger partial charge in [-0.05, 0) is 0 Å². The second-order valence-electron chi connectivity index (χ2n) is 0.714. The zero-order valence-electron chi connectivity index (χ0n) is 7.20. The summed E-state index contributed by atoms with van der Waals surface area (Å²) in [5.41, 5.74) is 0. The molecule has 0 saturated heterocycles. The third-order valence-corrected chi connectivity index (χ3v) is 0. The Morgan fingerprint density at radius 1 is 0.625 bits per heavy atom. The molecule has 9 N–H and O–H groups in total. The Balaban J connectivity index is -0.0000000135. The fraction of sp³-hybridized carbons (Fsp3) is 0. The molecule has 0 aromatic heterocycles. The molecule has 0 aliphatic heterocycles. The summed E-state index contributed by atoms with van der Waals surface area (Å²) in [7, 11) is 0. The third-order valence-electron chi connectivity index (χ3n) is 0. The van der Waals surface area contributed by atoms with E-state index in [2.05, 4.69) is 0 Å². The summed E-state index contributed by atoms with van der Waals surface area (Å²) in [6.07, 6.45) is 0. The molecule has 102 valence electrons. The van der Waals surface area contributed by atoms with Gasteiger partial charge < -0.3 is 34.1 Å². The Morgan fingerprint density at radius 2 is 0.625 bits per heavy atom. The quantitative estimate of drug-likeness (QED) is 0.322. The molecule has 15 nitrogen and oxygen atoms in total. The molecule has 0 heterocycles. The Bertz CT molecular complexity index is 118. The van der Waals surface area contributed by atoms with Crippen molar-refractivity contribution in [2.24, 2.45) is 0 Å². The van der Waals surface area contributed by atoms with E-state index in [1.807, 2.05) is 0 Å². The largest absolute Gasteiger partial charge is 3.00 e. The van der Waals surface area contributed by atoms with E-state index in [0.29, 0.717) is 0 Å². The molecule has 16 heavy (non-hydrogen) atoms. The Hall–Kier alpha value is -1.90. The van der Waals surface area contributed by atoms with Gasteiger partial charge in [-0.1, -0.05) is 0 Å². The molecule has 0 fully saturated rings. The molecule has 0 saturated carbocycles. The first-order valence-electron chi connectivity index (χ1n) is 1.70. The van der Waals surface area contributed by atoms with Crippen LogP contribution in [0.3, 0.4) is 0 Å². The summed E-state index contributed by atoms with van der Waals surface area (Å²) < 4.78 is 0. The molecule has 0 atom stereocenters. The third kappa shape index (κ3) is 415. The van der Waals surface area contributed by atoms with Gasteiger partial charge in [0.2, 0.25) is 0 Å². The molecular weight excluding hydrogens is 331 g/mol. The maximum Gasteiger partial charge on any atom is 3.00 e. The van der Waals surface area contributed by atoms with Crippen LogP contribution < -0.4 is 0 Å². The van der Waals surface area contributed by atoms with Gasteiger partial charge in [-0.15, -0.1) is 30.3 Å². The van der Waals surface area contributed by atoms with Crippen molar-refractivity contribution in [2.45, 2.75) is 0 Å².